The van der Waals surface area contributed by atoms with Gasteiger partial charge in [0, 0.05) is 13.6 Å². The number of nitrogens with zero attached hydrogens (tertiary/aromatic N) is 1. The van der Waals surface area contributed by atoms with Gasteiger partial charge in [-0.2, -0.15) is 4.31 Å². The lowest BCUT2D eigenvalue weighted by Gasteiger charge is -2.17. The average molecular weight is 247 g/mol. The van der Waals surface area contributed by atoms with Crippen LogP contribution in [0.1, 0.15) is 18.4 Å². The molecule has 1 heterocycles. The first-order valence-corrected chi connectivity index (χ1v) is 6.40. The van der Waals surface area contributed by atoms with Crippen LogP contribution >= 0.6 is 0 Å². The monoisotopic (exact) mass is 247 g/mol. The second kappa shape index (κ2) is 4.57. The molecule has 0 aromatic carbocycles. The number of aliphatic hydroxyl groups excluding tert-OH is 1. The molecule has 1 rings (SSSR count). The summed E-state index contributed by atoms with van der Waals surface area (Å²) in [5.41, 5.74) is 0. The van der Waals surface area contributed by atoms with Gasteiger partial charge in [-0.05, 0) is 26.8 Å². The van der Waals surface area contributed by atoms with E-state index in [1.807, 2.05) is 0 Å². The number of rotatable bonds is 4. The van der Waals surface area contributed by atoms with Crippen molar-refractivity contribution in [2.24, 2.45) is 0 Å². The van der Waals surface area contributed by atoms with Crippen molar-refractivity contribution >= 4 is 10.0 Å². The Hall–Kier alpha value is -0.850. The maximum atomic E-state index is 12.1. The summed E-state index contributed by atoms with van der Waals surface area (Å²) in [7, 11) is -2.13. The molecule has 0 radical (unpaired) electrons. The highest BCUT2D eigenvalue weighted by atomic mass is 32.2. The van der Waals surface area contributed by atoms with Crippen molar-refractivity contribution in [3.05, 3.63) is 17.6 Å². The molecule has 1 aromatic rings. The maximum absolute atomic E-state index is 12.1. The van der Waals surface area contributed by atoms with E-state index in [-0.39, 0.29) is 11.4 Å². The summed E-state index contributed by atoms with van der Waals surface area (Å²) >= 11 is 0. The zero-order valence-electron chi connectivity index (χ0n) is 9.89. The number of sulfonamides is 1. The Labute approximate surface area is 95.7 Å². The first-order valence-electron chi connectivity index (χ1n) is 4.96. The molecule has 0 fully saturated rings. The molecule has 0 bridgehead atoms. The second-order valence-corrected chi connectivity index (χ2v) is 5.93. The highest BCUT2D eigenvalue weighted by Crippen LogP contribution is 2.22. The lowest BCUT2D eigenvalue weighted by atomic mass is 10.4. The van der Waals surface area contributed by atoms with E-state index in [0.717, 1.165) is 4.31 Å². The van der Waals surface area contributed by atoms with E-state index in [1.54, 1.807) is 20.8 Å². The Balaban J connectivity index is 3.07. The summed E-state index contributed by atoms with van der Waals surface area (Å²) in [6.45, 7) is 4.91. The molecule has 1 aromatic heterocycles. The third kappa shape index (κ3) is 2.63. The standard InChI is InChI=1S/C10H17NO4S/c1-7(12)6-11(4)16(13,14)10-5-8(2)15-9(10)3/h5,7,12H,6H2,1-4H3/t7-/m0/s1. The zero-order valence-corrected chi connectivity index (χ0v) is 10.7. The van der Waals surface area contributed by atoms with Crippen molar-refractivity contribution in [2.45, 2.75) is 31.8 Å². The Morgan fingerprint density at radius 3 is 2.44 bits per heavy atom. The van der Waals surface area contributed by atoms with Crippen LogP contribution in [-0.4, -0.2) is 37.5 Å². The third-order valence-electron chi connectivity index (χ3n) is 2.20. The van der Waals surface area contributed by atoms with Gasteiger partial charge in [-0.1, -0.05) is 0 Å². The molecule has 0 amide bonds. The van der Waals surface area contributed by atoms with Crippen LogP contribution in [0.5, 0.6) is 0 Å². The molecule has 1 atom stereocenters. The minimum atomic E-state index is -3.56. The van der Waals surface area contributed by atoms with Crippen LogP contribution in [0.15, 0.2) is 15.4 Å². The second-order valence-electron chi connectivity index (χ2n) is 3.91. The molecular weight excluding hydrogens is 230 g/mol. The van der Waals surface area contributed by atoms with Gasteiger partial charge in [0.25, 0.3) is 0 Å². The molecule has 0 saturated heterocycles. The van der Waals surface area contributed by atoms with Crippen LogP contribution in [0.3, 0.4) is 0 Å². The quantitative estimate of drug-likeness (QED) is 0.858. The fraction of sp³-hybridized carbons (Fsp3) is 0.600. The number of hydrogen-bond acceptors (Lipinski definition) is 4. The number of likely N-dealkylation sites (N-methyl/N-ethyl adjacent to an activating group) is 1. The Bertz CT molecular complexity index is 461. The van der Waals surface area contributed by atoms with Crippen molar-refractivity contribution in [3.63, 3.8) is 0 Å². The predicted octanol–water partition coefficient (Wildman–Crippen LogP) is 0.898. The van der Waals surface area contributed by atoms with Crippen LogP contribution in [-0.2, 0) is 10.0 Å². The van der Waals surface area contributed by atoms with Gasteiger partial charge < -0.3 is 9.52 Å². The Morgan fingerprint density at radius 2 is 2.06 bits per heavy atom. The van der Waals surface area contributed by atoms with Crippen LogP contribution < -0.4 is 0 Å². The van der Waals surface area contributed by atoms with E-state index in [4.69, 9.17) is 4.42 Å². The van der Waals surface area contributed by atoms with Gasteiger partial charge in [0.15, 0.2) is 0 Å². The fourth-order valence-corrected chi connectivity index (χ4v) is 2.97. The van der Waals surface area contributed by atoms with Crippen molar-refractivity contribution in [3.8, 4) is 0 Å². The van der Waals surface area contributed by atoms with Crippen molar-refractivity contribution in [1.29, 1.82) is 0 Å². The van der Waals surface area contributed by atoms with Crippen LogP contribution in [0.25, 0.3) is 0 Å². The Morgan fingerprint density at radius 1 is 1.50 bits per heavy atom. The SMILES string of the molecule is Cc1cc(S(=O)(=O)N(C)C[C@H](C)O)c(C)o1. The minimum Gasteiger partial charge on any atom is -0.465 e. The van der Waals surface area contributed by atoms with Gasteiger partial charge in [0.1, 0.15) is 16.4 Å². The van der Waals surface area contributed by atoms with Gasteiger partial charge in [-0.3, -0.25) is 0 Å². The fourth-order valence-electron chi connectivity index (χ4n) is 1.50. The van der Waals surface area contributed by atoms with Gasteiger partial charge in [0.2, 0.25) is 10.0 Å². The van der Waals surface area contributed by atoms with Gasteiger partial charge in [-0.25, -0.2) is 8.42 Å². The maximum Gasteiger partial charge on any atom is 0.246 e. The molecule has 0 aliphatic heterocycles. The molecule has 0 aliphatic carbocycles. The average Bonchev–Trinajstić information content (AvgIpc) is 2.44. The summed E-state index contributed by atoms with van der Waals surface area (Å²) in [6.07, 6.45) is -0.701. The largest absolute Gasteiger partial charge is 0.465 e. The lowest BCUT2D eigenvalue weighted by molar-refractivity contribution is 0.171. The topological polar surface area (TPSA) is 70.8 Å². The van der Waals surface area contributed by atoms with E-state index in [1.165, 1.54) is 13.1 Å². The zero-order chi connectivity index (χ0) is 12.5. The highest BCUT2D eigenvalue weighted by Gasteiger charge is 2.26. The number of hydrogen-bond donors (Lipinski definition) is 1. The molecule has 16 heavy (non-hydrogen) atoms. The van der Waals surface area contributed by atoms with Crippen molar-refractivity contribution < 1.29 is 17.9 Å². The molecule has 0 aliphatic rings. The first kappa shape index (κ1) is 13.2. The van der Waals surface area contributed by atoms with Crippen molar-refractivity contribution in [2.75, 3.05) is 13.6 Å². The van der Waals surface area contributed by atoms with Crippen molar-refractivity contribution in [1.82, 2.24) is 4.31 Å². The molecule has 6 heteroatoms. The molecule has 5 nitrogen and oxygen atoms in total. The summed E-state index contributed by atoms with van der Waals surface area (Å²) in [5, 5.41) is 9.18. The molecule has 92 valence electrons. The summed E-state index contributed by atoms with van der Waals surface area (Å²) < 4.78 is 30.4. The molecule has 0 spiro atoms. The third-order valence-corrected chi connectivity index (χ3v) is 4.14. The van der Waals surface area contributed by atoms with Crippen LogP contribution in [0.4, 0.5) is 0 Å². The Kier molecular flexibility index (Phi) is 3.77. The van der Waals surface area contributed by atoms with E-state index in [2.05, 4.69) is 0 Å². The van der Waals surface area contributed by atoms with E-state index < -0.39 is 16.1 Å². The molecule has 1 N–H and O–H groups in total. The normalized spacial score (nSPS) is 14.4. The molecular formula is C10H17NO4S. The summed E-state index contributed by atoms with van der Waals surface area (Å²) in [5.74, 6) is 0.927. The number of aryl methyl sites for hydroxylation is 2. The van der Waals surface area contributed by atoms with Gasteiger partial charge >= 0.3 is 0 Å². The highest BCUT2D eigenvalue weighted by molar-refractivity contribution is 7.89. The smallest absolute Gasteiger partial charge is 0.246 e. The van der Waals surface area contributed by atoms with E-state index in [0.29, 0.717) is 11.5 Å². The molecule has 0 saturated carbocycles. The summed E-state index contributed by atoms with van der Waals surface area (Å²) in [4.78, 5) is 0.160. The van der Waals surface area contributed by atoms with Gasteiger partial charge in [0.05, 0.1) is 6.10 Å². The first-order chi connectivity index (χ1) is 7.25. The number of aliphatic hydroxyl groups is 1. The van der Waals surface area contributed by atoms with E-state index >= 15 is 0 Å². The number of furan rings is 1. The van der Waals surface area contributed by atoms with Crippen LogP contribution in [0.2, 0.25) is 0 Å². The van der Waals surface area contributed by atoms with Gasteiger partial charge in [-0.15, -0.1) is 0 Å². The lowest BCUT2D eigenvalue weighted by Crippen LogP contribution is -2.33. The van der Waals surface area contributed by atoms with E-state index in [9.17, 15) is 13.5 Å². The summed E-state index contributed by atoms with van der Waals surface area (Å²) in [6, 6.07) is 1.49. The minimum absolute atomic E-state index is 0.0615. The predicted molar refractivity (Wildman–Crippen MR) is 59.7 cm³/mol. The molecule has 0 unspecified atom stereocenters. The van der Waals surface area contributed by atoms with Crippen LogP contribution in [0, 0.1) is 13.8 Å².